The third kappa shape index (κ3) is 4.43. The molecule has 1 aliphatic rings. The molecule has 1 heterocycles. The van der Waals surface area contributed by atoms with Crippen LogP contribution >= 0.6 is 11.3 Å². The topological polar surface area (TPSA) is 28.2 Å². The smallest absolute Gasteiger partial charge is 0.185 e. The van der Waals surface area contributed by atoms with Crippen molar-refractivity contribution in [2.75, 3.05) is 24.5 Å². The Morgan fingerprint density at radius 1 is 1.24 bits per heavy atom. The maximum atomic E-state index is 4.99. The van der Waals surface area contributed by atoms with Crippen LogP contribution in [-0.2, 0) is 6.42 Å². The average molecular weight is 310 g/mol. The Morgan fingerprint density at radius 2 is 1.90 bits per heavy atom. The summed E-state index contributed by atoms with van der Waals surface area (Å²) in [5, 5.41) is 4.87. The second-order valence-corrected chi connectivity index (χ2v) is 8.01. The summed E-state index contributed by atoms with van der Waals surface area (Å²) in [4.78, 5) is 8.99. The third-order valence-corrected chi connectivity index (χ3v) is 5.10. The van der Waals surface area contributed by atoms with Gasteiger partial charge in [-0.1, -0.05) is 46.0 Å². The van der Waals surface area contributed by atoms with Gasteiger partial charge in [0.1, 0.15) is 0 Å². The van der Waals surface area contributed by atoms with Gasteiger partial charge in [-0.2, -0.15) is 0 Å². The molecule has 0 aromatic carbocycles. The predicted molar refractivity (Wildman–Crippen MR) is 93.4 cm³/mol. The van der Waals surface area contributed by atoms with Gasteiger partial charge in [0.2, 0.25) is 0 Å². The van der Waals surface area contributed by atoms with E-state index in [1.165, 1.54) is 28.5 Å². The van der Waals surface area contributed by atoms with Crippen LogP contribution in [0.3, 0.4) is 0 Å². The lowest BCUT2D eigenvalue weighted by atomic mass is 9.98. The summed E-state index contributed by atoms with van der Waals surface area (Å²) in [5.41, 5.74) is 1.35. The highest BCUT2D eigenvalue weighted by Crippen LogP contribution is 2.37. The van der Waals surface area contributed by atoms with E-state index in [2.05, 4.69) is 44.8 Å². The van der Waals surface area contributed by atoms with Crippen molar-refractivity contribution in [3.63, 3.8) is 0 Å². The average Bonchev–Trinajstić information content (AvgIpc) is 2.82. The fourth-order valence-electron chi connectivity index (χ4n) is 3.10. The maximum Gasteiger partial charge on any atom is 0.185 e. The Kier molecular flexibility index (Phi) is 6.06. The number of thiazole rings is 1. The minimum absolute atomic E-state index is 0.532. The van der Waals surface area contributed by atoms with E-state index in [1.807, 2.05) is 11.3 Å². The molecule has 0 saturated heterocycles. The molecule has 3 nitrogen and oxygen atoms in total. The first-order valence-corrected chi connectivity index (χ1v) is 9.30. The Morgan fingerprint density at radius 3 is 2.48 bits per heavy atom. The van der Waals surface area contributed by atoms with Crippen LogP contribution in [0, 0.1) is 11.8 Å². The van der Waals surface area contributed by atoms with E-state index in [0.717, 1.165) is 26.1 Å². The summed E-state index contributed by atoms with van der Waals surface area (Å²) in [6.45, 7) is 14.6. The van der Waals surface area contributed by atoms with E-state index in [4.69, 9.17) is 4.98 Å². The lowest BCUT2D eigenvalue weighted by molar-refractivity contribution is 0.476. The molecule has 4 heteroatoms. The molecule has 0 amide bonds. The van der Waals surface area contributed by atoms with Crippen LogP contribution in [0.1, 0.15) is 64.1 Å². The number of nitrogens with one attached hydrogen (secondary N) is 1. The van der Waals surface area contributed by atoms with E-state index >= 15 is 0 Å². The van der Waals surface area contributed by atoms with Crippen LogP contribution in [-0.4, -0.2) is 24.6 Å². The number of fused-ring (bicyclic) bond motifs is 1. The summed E-state index contributed by atoms with van der Waals surface area (Å²) < 4.78 is 0. The highest BCUT2D eigenvalue weighted by atomic mass is 32.1. The van der Waals surface area contributed by atoms with E-state index in [0.29, 0.717) is 17.9 Å². The van der Waals surface area contributed by atoms with Crippen LogP contribution in [0.25, 0.3) is 0 Å². The van der Waals surface area contributed by atoms with E-state index < -0.39 is 0 Å². The molecule has 1 aliphatic carbocycles. The summed E-state index contributed by atoms with van der Waals surface area (Å²) >= 11 is 1.93. The molecule has 2 rings (SSSR count). The van der Waals surface area contributed by atoms with Gasteiger partial charge in [-0.15, -0.1) is 0 Å². The molecule has 1 aromatic rings. The van der Waals surface area contributed by atoms with Crippen LogP contribution in [0.15, 0.2) is 0 Å². The van der Waals surface area contributed by atoms with Crippen molar-refractivity contribution < 1.29 is 0 Å². The van der Waals surface area contributed by atoms with E-state index in [-0.39, 0.29) is 0 Å². The summed E-state index contributed by atoms with van der Waals surface area (Å²) in [6.07, 6.45) is 3.68. The number of hydrogen-bond donors (Lipinski definition) is 1. The zero-order chi connectivity index (χ0) is 15.4. The molecule has 1 aromatic heterocycles. The molecule has 0 saturated carbocycles. The first kappa shape index (κ1) is 16.8. The maximum absolute atomic E-state index is 4.99. The monoisotopic (exact) mass is 309 g/mol. The van der Waals surface area contributed by atoms with Crippen LogP contribution in [0.2, 0.25) is 0 Å². The first-order valence-electron chi connectivity index (χ1n) is 8.49. The highest BCUT2D eigenvalue weighted by molar-refractivity contribution is 7.15. The highest BCUT2D eigenvalue weighted by Gasteiger charge is 2.26. The Labute approximate surface area is 134 Å². The molecule has 1 unspecified atom stereocenters. The van der Waals surface area contributed by atoms with Crippen molar-refractivity contribution in [3.05, 3.63) is 10.6 Å². The zero-order valence-electron chi connectivity index (χ0n) is 14.3. The number of rotatable bonds is 7. The predicted octanol–water partition coefficient (Wildman–Crippen LogP) is 4.25. The van der Waals surface area contributed by atoms with Crippen molar-refractivity contribution >= 4 is 16.5 Å². The van der Waals surface area contributed by atoms with Gasteiger partial charge in [0.05, 0.1) is 5.69 Å². The van der Waals surface area contributed by atoms with Crippen molar-refractivity contribution in [2.45, 2.75) is 59.9 Å². The van der Waals surface area contributed by atoms with Gasteiger partial charge >= 0.3 is 0 Å². The molecule has 21 heavy (non-hydrogen) atoms. The molecule has 0 spiro atoms. The number of anilines is 1. The van der Waals surface area contributed by atoms with Crippen molar-refractivity contribution in [2.24, 2.45) is 11.8 Å². The Hall–Kier alpha value is -0.610. The molecule has 0 bridgehead atoms. The SMILES string of the molecule is CCNC1CCCc2nc(N(CC(C)C)CC(C)C)sc21. The van der Waals surface area contributed by atoms with Gasteiger partial charge in [-0.25, -0.2) is 4.98 Å². The normalized spacial score (nSPS) is 18.3. The lowest BCUT2D eigenvalue weighted by Gasteiger charge is -2.25. The van der Waals surface area contributed by atoms with Gasteiger partial charge in [0, 0.05) is 24.0 Å². The van der Waals surface area contributed by atoms with Gasteiger partial charge in [0.15, 0.2) is 5.13 Å². The second-order valence-electron chi connectivity index (χ2n) is 7.00. The fourth-order valence-corrected chi connectivity index (χ4v) is 4.34. The number of aryl methyl sites for hydroxylation is 1. The van der Waals surface area contributed by atoms with Crippen LogP contribution in [0.5, 0.6) is 0 Å². The van der Waals surface area contributed by atoms with E-state index in [1.54, 1.807) is 0 Å². The third-order valence-electron chi connectivity index (χ3n) is 3.83. The largest absolute Gasteiger partial charge is 0.348 e. The van der Waals surface area contributed by atoms with Crippen molar-refractivity contribution in [3.8, 4) is 0 Å². The van der Waals surface area contributed by atoms with Gasteiger partial charge < -0.3 is 10.2 Å². The quantitative estimate of drug-likeness (QED) is 0.816. The molecule has 0 aliphatic heterocycles. The standard InChI is InChI=1S/C17H31N3S/c1-6-18-14-8-7-9-15-16(14)21-17(19-15)20(10-12(2)3)11-13(4)5/h12-14,18H,6-11H2,1-5H3. The molecule has 1 N–H and O–H groups in total. The van der Waals surface area contributed by atoms with Crippen molar-refractivity contribution in [1.29, 1.82) is 0 Å². The molecule has 0 radical (unpaired) electrons. The van der Waals surface area contributed by atoms with Gasteiger partial charge in [-0.3, -0.25) is 0 Å². The van der Waals surface area contributed by atoms with Crippen LogP contribution < -0.4 is 10.2 Å². The van der Waals surface area contributed by atoms with Gasteiger partial charge in [-0.05, 0) is 37.6 Å². The number of hydrogen-bond acceptors (Lipinski definition) is 4. The molecule has 0 fully saturated rings. The fraction of sp³-hybridized carbons (Fsp3) is 0.824. The zero-order valence-corrected chi connectivity index (χ0v) is 15.1. The molecule has 120 valence electrons. The molecular weight excluding hydrogens is 278 g/mol. The van der Waals surface area contributed by atoms with Crippen LogP contribution in [0.4, 0.5) is 5.13 Å². The number of aromatic nitrogens is 1. The summed E-state index contributed by atoms with van der Waals surface area (Å²) in [5.74, 6) is 1.35. The molecule has 1 atom stereocenters. The summed E-state index contributed by atoms with van der Waals surface area (Å²) in [7, 11) is 0. The minimum Gasteiger partial charge on any atom is -0.348 e. The summed E-state index contributed by atoms with van der Waals surface area (Å²) in [6, 6.07) is 0.532. The number of nitrogens with zero attached hydrogens (tertiary/aromatic N) is 2. The van der Waals surface area contributed by atoms with E-state index in [9.17, 15) is 0 Å². The Bertz CT molecular complexity index is 429. The Balaban J connectivity index is 2.21. The van der Waals surface area contributed by atoms with Crippen molar-refractivity contribution in [1.82, 2.24) is 10.3 Å². The minimum atomic E-state index is 0.532. The lowest BCUT2D eigenvalue weighted by Crippen LogP contribution is -2.31. The molecular formula is C17H31N3S. The van der Waals surface area contributed by atoms with Gasteiger partial charge in [0.25, 0.3) is 0 Å². The first-order chi connectivity index (χ1) is 10.0. The second kappa shape index (κ2) is 7.59.